The van der Waals surface area contributed by atoms with Crippen molar-refractivity contribution in [2.24, 2.45) is 16.7 Å². The van der Waals surface area contributed by atoms with Crippen LogP contribution in [0.1, 0.15) is 99.5 Å². The highest BCUT2D eigenvalue weighted by atomic mass is 16.6. The van der Waals surface area contributed by atoms with Crippen molar-refractivity contribution < 1.29 is 82.1 Å². The number of aliphatic hydroxyl groups is 2. The summed E-state index contributed by atoms with van der Waals surface area (Å²) >= 11 is 0. The number of carboxylic acids is 1. The summed E-state index contributed by atoms with van der Waals surface area (Å²) in [5, 5.41) is 38.2. The molecule has 1 saturated heterocycles. The van der Waals surface area contributed by atoms with Crippen LogP contribution < -0.4 is 5.32 Å². The minimum absolute atomic E-state index is 0.0221. The SMILES string of the molecule is CC(=O)O[C@H]1C(=O)[C@@]2(C)C(C(OC(=O)c3ccccc3)[C@]3(O)CC(OC(=O)C(OC(=O)CCC(=O)O)C(NC(=O)c4ccccc4)c4ccccc4)C(C)=C1C3(C)C)[C@]1(OC(C)=O)CO[C@@H]1C[C@@H]2O. The van der Waals surface area contributed by atoms with Crippen LogP contribution in [0.25, 0.3) is 0 Å². The van der Waals surface area contributed by atoms with Crippen molar-refractivity contribution >= 4 is 47.5 Å². The molecule has 4 aliphatic rings. The number of ketones is 1. The lowest BCUT2D eigenvalue weighted by Gasteiger charge is -2.67. The topological polar surface area (TPSA) is 265 Å². The van der Waals surface area contributed by atoms with E-state index in [1.807, 2.05) is 0 Å². The molecule has 7 rings (SSSR count). The number of esters is 5. The molecule has 18 nitrogen and oxygen atoms in total. The van der Waals surface area contributed by atoms with Crippen LogP contribution in [-0.4, -0.2) is 117 Å². The second-order valence-corrected chi connectivity index (χ2v) is 18.7. The summed E-state index contributed by atoms with van der Waals surface area (Å²) in [6.07, 6.45) is -12.5. The van der Waals surface area contributed by atoms with E-state index in [0.717, 1.165) is 13.8 Å². The minimum atomic E-state index is -2.50. The first kappa shape index (κ1) is 50.1. The first-order chi connectivity index (χ1) is 32.6. The highest BCUT2D eigenvalue weighted by Crippen LogP contribution is 2.64. The summed E-state index contributed by atoms with van der Waals surface area (Å²) in [7, 11) is 0. The number of amides is 1. The third-order valence-corrected chi connectivity index (χ3v) is 14.3. The Bertz CT molecular complexity index is 2550. The fourth-order valence-electron chi connectivity index (χ4n) is 10.7. The van der Waals surface area contributed by atoms with Gasteiger partial charge < -0.3 is 49.1 Å². The van der Waals surface area contributed by atoms with Gasteiger partial charge in [-0.1, -0.05) is 80.6 Å². The van der Waals surface area contributed by atoms with E-state index in [9.17, 15) is 44.1 Å². The molecule has 5 unspecified atom stereocenters. The lowest BCUT2D eigenvalue weighted by Crippen LogP contribution is -2.82. The maximum atomic E-state index is 15.7. The smallest absolute Gasteiger partial charge is 0.350 e. The number of hydrogen-bond donors (Lipinski definition) is 4. The largest absolute Gasteiger partial charge is 0.481 e. The van der Waals surface area contributed by atoms with Gasteiger partial charge in [-0.25, -0.2) is 9.59 Å². The molecule has 2 bridgehead atoms. The highest BCUT2D eigenvalue weighted by molar-refractivity contribution is 5.96. The van der Waals surface area contributed by atoms with Crippen molar-refractivity contribution in [2.45, 2.75) is 121 Å². The van der Waals surface area contributed by atoms with Gasteiger partial charge in [0.05, 0.1) is 42.4 Å². The standard InChI is InChI=1S/C51H55NO17/c1-27-33(66-47(62)41(67-37(58)23-22-36(56)57)39(30-16-10-7-11-17-30)52-45(60)31-18-12-8-13-19-31)25-51(63)44(68-46(61)32-20-14-9-15-21-32)42-49(6,34(55)24-35-50(42,26-64-35)69-29(3)54)43(59)40(65-28(2)53)38(27)48(51,4)5/h7-21,33-35,39-42,44,55,63H,22-26H2,1-6H3,(H,52,60)(H,56,57)/t33?,34-,35+,39?,40+,41?,42?,44?,49+,50-,51+/m0/s1. The number of hydrogen-bond acceptors (Lipinski definition) is 16. The Balaban J connectivity index is 1.42. The molecule has 1 amide bonds. The molecule has 69 heavy (non-hydrogen) atoms. The van der Waals surface area contributed by atoms with Gasteiger partial charge in [-0.3, -0.25) is 28.8 Å². The summed E-state index contributed by atoms with van der Waals surface area (Å²) in [5.74, 6) is -9.78. The van der Waals surface area contributed by atoms with Crippen LogP contribution in [-0.2, 0) is 57.2 Å². The molecule has 3 fully saturated rings. The van der Waals surface area contributed by atoms with Crippen molar-refractivity contribution in [3.63, 3.8) is 0 Å². The van der Waals surface area contributed by atoms with Crippen molar-refractivity contribution in [1.82, 2.24) is 5.32 Å². The molecule has 3 aromatic rings. The molecular formula is C51H55NO17. The fourth-order valence-corrected chi connectivity index (χ4v) is 10.7. The van der Waals surface area contributed by atoms with Crippen molar-refractivity contribution in [2.75, 3.05) is 6.61 Å². The third-order valence-electron chi connectivity index (χ3n) is 14.3. The first-order valence-corrected chi connectivity index (χ1v) is 22.5. The average Bonchev–Trinajstić information content (AvgIpc) is 3.30. The molecule has 4 N–H and O–H groups in total. The first-order valence-electron chi connectivity index (χ1n) is 22.5. The van der Waals surface area contributed by atoms with Gasteiger partial charge in [0.25, 0.3) is 5.91 Å². The summed E-state index contributed by atoms with van der Waals surface area (Å²) < 4.78 is 36.3. The minimum Gasteiger partial charge on any atom is -0.481 e. The Morgan fingerprint density at radius 1 is 0.812 bits per heavy atom. The lowest BCUT2D eigenvalue weighted by molar-refractivity contribution is -0.346. The normalized spacial score (nSPS) is 29.7. The van der Waals surface area contributed by atoms with Crippen LogP contribution in [0.3, 0.4) is 0 Å². The van der Waals surface area contributed by atoms with Gasteiger partial charge in [0.2, 0.25) is 6.10 Å². The maximum absolute atomic E-state index is 15.7. The molecule has 366 valence electrons. The molecule has 0 spiro atoms. The number of fused-ring (bicyclic) bond motifs is 5. The molecule has 1 heterocycles. The van der Waals surface area contributed by atoms with Crippen molar-refractivity contribution in [1.29, 1.82) is 0 Å². The molecule has 0 radical (unpaired) electrons. The number of aliphatic carboxylic acids is 1. The Kier molecular flexibility index (Phi) is 14.0. The van der Waals surface area contributed by atoms with Crippen molar-refractivity contribution in [3.8, 4) is 0 Å². The molecule has 0 aromatic heterocycles. The average molecular weight is 954 g/mol. The summed E-state index contributed by atoms with van der Waals surface area (Å²) in [6.45, 7) is 7.68. The van der Waals surface area contributed by atoms with Crippen LogP contribution in [0, 0.1) is 16.7 Å². The van der Waals surface area contributed by atoms with Crippen LogP contribution in [0.15, 0.2) is 102 Å². The highest BCUT2D eigenvalue weighted by Gasteiger charge is 2.78. The number of ether oxygens (including phenoxy) is 6. The number of carboxylic acid groups (broad SMARTS) is 1. The number of rotatable bonds is 14. The van der Waals surface area contributed by atoms with Gasteiger partial charge in [0.1, 0.15) is 30.0 Å². The van der Waals surface area contributed by atoms with Crippen LogP contribution in [0.5, 0.6) is 0 Å². The van der Waals surface area contributed by atoms with Crippen molar-refractivity contribution in [3.05, 3.63) is 119 Å². The van der Waals surface area contributed by atoms with E-state index >= 15 is 9.59 Å². The monoisotopic (exact) mass is 953 g/mol. The Hall–Kier alpha value is -6.76. The summed E-state index contributed by atoms with van der Waals surface area (Å²) in [4.78, 5) is 110. The van der Waals surface area contributed by atoms with E-state index in [2.05, 4.69) is 5.32 Å². The Morgan fingerprint density at radius 2 is 1.41 bits per heavy atom. The molecule has 11 atom stereocenters. The van der Waals surface area contributed by atoms with E-state index < -0.39 is 137 Å². The molecule has 3 aliphatic carbocycles. The number of nitrogens with one attached hydrogen (secondary N) is 1. The maximum Gasteiger partial charge on any atom is 0.350 e. The second-order valence-electron chi connectivity index (χ2n) is 18.7. The van der Waals surface area contributed by atoms with Gasteiger partial charge in [-0.2, -0.15) is 0 Å². The quantitative estimate of drug-likeness (QED) is 0.100. The molecule has 1 aliphatic heterocycles. The zero-order valence-electron chi connectivity index (χ0n) is 38.9. The third kappa shape index (κ3) is 9.15. The van der Waals surface area contributed by atoms with E-state index in [1.54, 1.807) is 66.7 Å². The summed E-state index contributed by atoms with van der Waals surface area (Å²) in [6, 6.07) is 22.1. The Labute approximate surface area is 397 Å². The number of carbonyl (C=O) groups is 8. The van der Waals surface area contributed by atoms with Gasteiger partial charge >= 0.3 is 35.8 Å². The molecule has 2 saturated carbocycles. The predicted octanol–water partition coefficient (Wildman–Crippen LogP) is 4.15. The molecule has 18 heteroatoms. The zero-order valence-corrected chi connectivity index (χ0v) is 38.9. The molecular weight excluding hydrogens is 899 g/mol. The Morgan fingerprint density at radius 3 is 1.96 bits per heavy atom. The lowest BCUT2D eigenvalue weighted by atomic mass is 9.44. The van der Waals surface area contributed by atoms with E-state index in [1.165, 1.54) is 52.0 Å². The zero-order chi connectivity index (χ0) is 50.2. The van der Waals surface area contributed by atoms with Gasteiger partial charge in [-0.15, -0.1) is 0 Å². The van der Waals surface area contributed by atoms with Crippen LogP contribution >= 0.6 is 0 Å². The van der Waals surface area contributed by atoms with Crippen LogP contribution in [0.2, 0.25) is 0 Å². The number of benzene rings is 3. The molecule has 3 aromatic carbocycles. The van der Waals surface area contributed by atoms with E-state index in [4.69, 9.17) is 28.4 Å². The fraction of sp³-hybridized carbons (Fsp3) is 0.451. The second kappa shape index (κ2) is 19.3. The van der Waals surface area contributed by atoms with Gasteiger partial charge in [0.15, 0.2) is 17.5 Å². The van der Waals surface area contributed by atoms with E-state index in [0.29, 0.717) is 0 Å². The number of carbonyl (C=O) groups excluding carboxylic acids is 7. The predicted molar refractivity (Wildman–Crippen MR) is 238 cm³/mol. The number of Topliss-reactive ketones (excluding diaryl/α,β-unsaturated/α-hetero) is 1. The summed E-state index contributed by atoms with van der Waals surface area (Å²) in [5.41, 5.74) is -7.77. The van der Waals surface area contributed by atoms with E-state index in [-0.39, 0.29) is 40.9 Å². The van der Waals surface area contributed by atoms with Gasteiger partial charge in [0, 0.05) is 37.7 Å². The van der Waals surface area contributed by atoms with Gasteiger partial charge in [-0.05, 0) is 54.8 Å². The number of aliphatic hydroxyl groups excluding tert-OH is 1. The van der Waals surface area contributed by atoms with Crippen LogP contribution in [0.4, 0.5) is 0 Å².